The van der Waals surface area contributed by atoms with E-state index in [0.29, 0.717) is 16.9 Å². The zero-order chi connectivity index (χ0) is 29.0. The molecule has 0 unspecified atom stereocenters. The third-order valence-corrected chi connectivity index (χ3v) is 8.60. The maximum Gasteiger partial charge on any atom is 0.262 e. The average molecular weight is 586 g/mol. The number of amides is 1. The lowest BCUT2D eigenvalue weighted by atomic mass is 10.1. The molecule has 0 saturated heterocycles. The highest BCUT2D eigenvalue weighted by Crippen LogP contribution is 2.30. The van der Waals surface area contributed by atoms with E-state index < -0.39 is 15.9 Å². The van der Waals surface area contributed by atoms with Gasteiger partial charge in [-0.15, -0.1) is 0 Å². The van der Waals surface area contributed by atoms with Gasteiger partial charge in [0, 0.05) is 30.1 Å². The van der Waals surface area contributed by atoms with Gasteiger partial charge in [0.05, 0.1) is 17.8 Å². The van der Waals surface area contributed by atoms with Crippen molar-refractivity contribution in [1.29, 1.82) is 0 Å². The molecule has 10 heteroatoms. The normalized spacial score (nSPS) is 11.3. The first-order valence-electron chi connectivity index (χ1n) is 12.7. The molecule has 2 heterocycles. The van der Waals surface area contributed by atoms with Crippen molar-refractivity contribution in [1.82, 2.24) is 9.71 Å². The number of carbonyl (C=O) groups excluding carboxylic acids is 1. The highest BCUT2D eigenvalue weighted by molar-refractivity contribution is 7.89. The van der Waals surface area contributed by atoms with Crippen LogP contribution in [0.2, 0.25) is 0 Å². The van der Waals surface area contributed by atoms with Crippen molar-refractivity contribution in [3.8, 4) is 22.8 Å². The molecule has 0 aliphatic heterocycles. The summed E-state index contributed by atoms with van der Waals surface area (Å²) in [5.74, 6) is -0.871. The number of hydrogen-bond acceptors (Lipinski definition) is 7. The Bertz CT molecular complexity index is 1770. The molecular weight excluding hydrogens is 558 g/mol. The maximum absolute atomic E-state index is 13.5. The van der Waals surface area contributed by atoms with E-state index in [1.54, 1.807) is 30.0 Å². The van der Waals surface area contributed by atoms with Crippen LogP contribution in [0.3, 0.4) is 0 Å². The fourth-order valence-corrected chi connectivity index (χ4v) is 6.05. The van der Waals surface area contributed by atoms with Crippen LogP contribution in [0.4, 0.5) is 5.69 Å². The van der Waals surface area contributed by atoms with Gasteiger partial charge in [0.2, 0.25) is 10.0 Å². The highest BCUT2D eigenvalue weighted by atomic mass is 32.2. The molecule has 3 aromatic carbocycles. The first kappa shape index (κ1) is 28.0. The highest BCUT2D eigenvalue weighted by Gasteiger charge is 2.22. The summed E-state index contributed by atoms with van der Waals surface area (Å²) in [5, 5.41) is 23.8. The molecule has 2 aromatic heterocycles. The van der Waals surface area contributed by atoms with Crippen LogP contribution in [-0.4, -0.2) is 29.5 Å². The number of phenolic OH excluding ortho intramolecular Hbond substituents is 2. The smallest absolute Gasteiger partial charge is 0.262 e. The number of aryl methyl sites for hydroxylation is 1. The first-order chi connectivity index (χ1) is 19.7. The number of pyridine rings is 1. The second-order valence-corrected chi connectivity index (χ2v) is 12.0. The molecule has 0 aliphatic rings. The van der Waals surface area contributed by atoms with Gasteiger partial charge in [-0.05, 0) is 70.8 Å². The zero-order valence-electron chi connectivity index (χ0n) is 22.1. The van der Waals surface area contributed by atoms with E-state index in [9.17, 15) is 23.4 Å². The van der Waals surface area contributed by atoms with Gasteiger partial charge < -0.3 is 15.1 Å². The van der Waals surface area contributed by atoms with Gasteiger partial charge in [-0.1, -0.05) is 42.5 Å². The second-order valence-electron chi connectivity index (χ2n) is 9.42. The van der Waals surface area contributed by atoms with Crippen molar-refractivity contribution in [2.45, 2.75) is 24.9 Å². The molecule has 0 radical (unpaired) electrons. The molecule has 0 bridgehead atoms. The lowest BCUT2D eigenvalue weighted by molar-refractivity contribution is 0.0982. The van der Waals surface area contributed by atoms with E-state index in [1.807, 2.05) is 59.3 Å². The molecule has 0 atom stereocenters. The summed E-state index contributed by atoms with van der Waals surface area (Å²) in [6, 6.07) is 23.9. The van der Waals surface area contributed by atoms with Crippen molar-refractivity contribution in [2.75, 3.05) is 4.90 Å². The molecule has 5 rings (SSSR count). The molecule has 8 nitrogen and oxygen atoms in total. The fraction of sp³-hybridized carbons (Fsp3) is 0.0968. The van der Waals surface area contributed by atoms with Crippen LogP contribution < -0.4 is 9.62 Å². The Balaban J connectivity index is 1.39. The Hall–Kier alpha value is -4.51. The number of hydrogen-bond donors (Lipinski definition) is 3. The fourth-order valence-electron chi connectivity index (χ4n) is 4.35. The van der Waals surface area contributed by atoms with Crippen LogP contribution >= 0.6 is 11.3 Å². The van der Waals surface area contributed by atoms with E-state index in [1.165, 1.54) is 29.7 Å². The molecule has 3 N–H and O–H groups in total. The maximum atomic E-state index is 13.5. The van der Waals surface area contributed by atoms with Gasteiger partial charge in [-0.2, -0.15) is 11.3 Å². The zero-order valence-corrected chi connectivity index (χ0v) is 23.7. The molecule has 5 aromatic rings. The van der Waals surface area contributed by atoms with Gasteiger partial charge in [0.15, 0.2) is 0 Å². The van der Waals surface area contributed by atoms with Gasteiger partial charge in [-0.3, -0.25) is 9.78 Å². The average Bonchev–Trinajstić information content (AvgIpc) is 3.49. The Labute approximate surface area is 242 Å². The number of aromatic hydroxyl groups is 2. The van der Waals surface area contributed by atoms with E-state index in [-0.39, 0.29) is 35.0 Å². The van der Waals surface area contributed by atoms with Crippen LogP contribution in [0.5, 0.6) is 11.5 Å². The van der Waals surface area contributed by atoms with Crippen molar-refractivity contribution in [3.05, 3.63) is 124 Å². The summed E-state index contributed by atoms with van der Waals surface area (Å²) in [5.41, 5.74) is 4.50. The quantitative estimate of drug-likeness (QED) is 0.200. The molecule has 41 heavy (non-hydrogen) atoms. The Kier molecular flexibility index (Phi) is 8.16. The summed E-state index contributed by atoms with van der Waals surface area (Å²) < 4.78 is 28.3. The third kappa shape index (κ3) is 6.46. The van der Waals surface area contributed by atoms with Crippen LogP contribution in [0.25, 0.3) is 11.3 Å². The molecular formula is C31H27N3O5S2. The van der Waals surface area contributed by atoms with E-state index in [2.05, 4.69) is 9.71 Å². The SMILES string of the molecule is Cc1cc(S(=O)(=O)NCc2ccccc2)cnc1-c1ccc(N(Cc2ccsc2)C(=O)c2ccc(O)cc2O)cc1. The van der Waals surface area contributed by atoms with Crippen LogP contribution in [0, 0.1) is 6.92 Å². The molecule has 0 saturated carbocycles. The lowest BCUT2D eigenvalue weighted by Gasteiger charge is -2.23. The van der Waals surface area contributed by atoms with Gasteiger partial charge >= 0.3 is 0 Å². The molecule has 0 aliphatic carbocycles. The van der Waals surface area contributed by atoms with Crippen LogP contribution in [-0.2, 0) is 23.1 Å². The number of rotatable bonds is 9. The van der Waals surface area contributed by atoms with E-state index >= 15 is 0 Å². The molecule has 0 spiro atoms. The Morgan fingerprint density at radius 3 is 2.37 bits per heavy atom. The summed E-state index contributed by atoms with van der Waals surface area (Å²) >= 11 is 1.52. The molecule has 0 fully saturated rings. The van der Waals surface area contributed by atoms with E-state index in [0.717, 1.165) is 22.8 Å². The summed E-state index contributed by atoms with van der Waals surface area (Å²) in [4.78, 5) is 19.6. The standard InChI is InChI=1S/C31H27N3O5S2/c1-21-15-27(41(38,39)33-17-22-5-3-2-4-6-22)18-32-30(21)24-7-9-25(10-8-24)34(19-23-13-14-40-20-23)31(37)28-12-11-26(35)16-29(28)36/h2-16,18,20,33,35-36H,17,19H2,1H3. The second kappa shape index (κ2) is 11.9. The van der Waals surface area contributed by atoms with Crippen molar-refractivity contribution < 1.29 is 23.4 Å². The van der Waals surface area contributed by atoms with Crippen molar-refractivity contribution in [3.63, 3.8) is 0 Å². The Morgan fingerprint density at radius 2 is 1.71 bits per heavy atom. The lowest BCUT2D eigenvalue weighted by Crippen LogP contribution is -2.30. The van der Waals surface area contributed by atoms with E-state index in [4.69, 9.17) is 0 Å². The van der Waals surface area contributed by atoms with Crippen molar-refractivity contribution in [2.24, 2.45) is 0 Å². The number of nitrogens with zero attached hydrogens (tertiary/aromatic N) is 2. The van der Waals surface area contributed by atoms with Crippen LogP contribution in [0.15, 0.2) is 107 Å². The van der Waals surface area contributed by atoms with Crippen LogP contribution in [0.1, 0.15) is 27.0 Å². The number of nitrogens with one attached hydrogen (secondary N) is 1. The summed E-state index contributed by atoms with van der Waals surface area (Å²) in [6.45, 7) is 2.25. The monoisotopic (exact) mass is 585 g/mol. The van der Waals surface area contributed by atoms with Gasteiger partial charge in [0.1, 0.15) is 16.4 Å². The minimum atomic E-state index is -3.76. The number of benzene rings is 3. The number of phenols is 2. The van der Waals surface area contributed by atoms with Crippen molar-refractivity contribution >= 4 is 33.0 Å². The molecule has 1 amide bonds. The summed E-state index contributed by atoms with van der Waals surface area (Å²) in [7, 11) is -3.76. The minimum absolute atomic E-state index is 0.0669. The third-order valence-electron chi connectivity index (χ3n) is 6.50. The number of carbonyl (C=O) groups is 1. The molecule has 208 valence electrons. The predicted octanol–water partition coefficient (Wildman–Crippen LogP) is 5.86. The van der Waals surface area contributed by atoms with Gasteiger partial charge in [-0.25, -0.2) is 13.1 Å². The number of aromatic nitrogens is 1. The predicted molar refractivity (Wildman–Crippen MR) is 159 cm³/mol. The number of thiophene rings is 1. The minimum Gasteiger partial charge on any atom is -0.508 e. The topological polar surface area (TPSA) is 120 Å². The number of anilines is 1. The Morgan fingerprint density at radius 1 is 0.951 bits per heavy atom. The first-order valence-corrected chi connectivity index (χ1v) is 15.1. The number of sulfonamides is 1. The van der Waals surface area contributed by atoms with Gasteiger partial charge in [0.25, 0.3) is 5.91 Å². The summed E-state index contributed by atoms with van der Waals surface area (Å²) in [6.07, 6.45) is 1.34. The largest absolute Gasteiger partial charge is 0.508 e.